The van der Waals surface area contributed by atoms with E-state index in [2.05, 4.69) is 39.9 Å². The number of rotatable bonds is 8. The molecule has 3 atom stereocenters. The van der Waals surface area contributed by atoms with Crippen LogP contribution in [0.3, 0.4) is 0 Å². The summed E-state index contributed by atoms with van der Waals surface area (Å²) in [5.74, 6) is 1.33. The molecule has 0 amide bonds. The topological polar surface area (TPSA) is 47.3 Å². The number of ether oxygens (including phenoxy) is 1. The highest BCUT2D eigenvalue weighted by Crippen LogP contribution is 2.42. The van der Waals surface area contributed by atoms with Gasteiger partial charge in [-0.3, -0.25) is 0 Å². The van der Waals surface area contributed by atoms with Crippen LogP contribution in [0.5, 0.6) is 0 Å². The van der Waals surface area contributed by atoms with Gasteiger partial charge in [0, 0.05) is 18.1 Å². The van der Waals surface area contributed by atoms with Crippen molar-refractivity contribution in [2.45, 2.75) is 59.6 Å². The van der Waals surface area contributed by atoms with Crippen molar-refractivity contribution in [2.75, 3.05) is 19.7 Å². The molecular weight excluding hydrogens is 224 g/mol. The lowest BCUT2D eigenvalue weighted by molar-refractivity contribution is -0.114. The average molecular weight is 256 g/mol. The molecule has 0 aromatic rings. The first kappa shape index (κ1) is 15.9. The van der Waals surface area contributed by atoms with Crippen molar-refractivity contribution >= 4 is 0 Å². The van der Waals surface area contributed by atoms with Crippen LogP contribution in [0.2, 0.25) is 0 Å². The van der Waals surface area contributed by atoms with Gasteiger partial charge in [0.05, 0.1) is 6.10 Å². The highest BCUT2D eigenvalue weighted by molar-refractivity contribution is 5.02. The molecule has 1 saturated carbocycles. The van der Waals surface area contributed by atoms with Crippen LogP contribution in [0, 0.1) is 17.3 Å². The highest BCUT2D eigenvalue weighted by Gasteiger charge is 2.48. The van der Waals surface area contributed by atoms with Gasteiger partial charge in [0.2, 0.25) is 0 Å². The number of nitrogens with two attached hydrogens (primary N) is 1. The largest absolute Gasteiger partial charge is 0.378 e. The second-order valence-electron chi connectivity index (χ2n) is 6.69. The maximum Gasteiger partial charge on any atom is 0.0655 e. The molecule has 0 saturated heterocycles. The summed E-state index contributed by atoms with van der Waals surface area (Å²) in [5.41, 5.74) is 6.10. The van der Waals surface area contributed by atoms with Crippen molar-refractivity contribution in [1.82, 2.24) is 5.32 Å². The van der Waals surface area contributed by atoms with Crippen LogP contribution in [0.4, 0.5) is 0 Å². The van der Waals surface area contributed by atoms with Crippen molar-refractivity contribution < 1.29 is 4.74 Å². The third-order valence-corrected chi connectivity index (χ3v) is 4.34. The van der Waals surface area contributed by atoms with Crippen molar-refractivity contribution in [1.29, 1.82) is 0 Å². The lowest BCUT2D eigenvalue weighted by Crippen LogP contribution is -2.61. The molecule has 0 heterocycles. The maximum absolute atomic E-state index is 5.84. The summed E-state index contributed by atoms with van der Waals surface area (Å²) < 4.78 is 5.76. The van der Waals surface area contributed by atoms with E-state index in [0.717, 1.165) is 32.0 Å². The zero-order valence-corrected chi connectivity index (χ0v) is 12.8. The predicted molar refractivity (Wildman–Crippen MR) is 77.6 cm³/mol. The van der Waals surface area contributed by atoms with Crippen molar-refractivity contribution in [3.63, 3.8) is 0 Å². The minimum atomic E-state index is 0.257. The van der Waals surface area contributed by atoms with Gasteiger partial charge in [0.15, 0.2) is 0 Å². The fraction of sp³-hybridized carbons (Fsp3) is 1.00. The second kappa shape index (κ2) is 6.88. The quantitative estimate of drug-likeness (QED) is 0.701. The number of nitrogens with one attached hydrogen (secondary N) is 1. The van der Waals surface area contributed by atoms with E-state index < -0.39 is 0 Å². The third kappa shape index (κ3) is 3.94. The van der Waals surface area contributed by atoms with Gasteiger partial charge in [0.25, 0.3) is 0 Å². The van der Waals surface area contributed by atoms with Gasteiger partial charge in [-0.2, -0.15) is 0 Å². The molecule has 0 spiro atoms. The molecule has 0 bridgehead atoms. The van der Waals surface area contributed by atoms with E-state index >= 15 is 0 Å². The van der Waals surface area contributed by atoms with E-state index in [1.54, 1.807) is 0 Å². The second-order valence-corrected chi connectivity index (χ2v) is 6.69. The molecule has 108 valence electrons. The summed E-state index contributed by atoms with van der Waals surface area (Å²) in [7, 11) is 0. The molecule has 0 aromatic carbocycles. The predicted octanol–water partition coefficient (Wildman–Crippen LogP) is 2.40. The standard InChI is InChI=1S/C15H32N2O/c1-6-18-14-8-13(15(14,4)5)17-10-12(9-16)7-11(2)3/h11-14,17H,6-10,16H2,1-5H3. The fourth-order valence-electron chi connectivity index (χ4n) is 2.95. The van der Waals surface area contributed by atoms with E-state index in [-0.39, 0.29) is 5.41 Å². The van der Waals surface area contributed by atoms with Gasteiger partial charge in [-0.1, -0.05) is 27.7 Å². The Kier molecular flexibility index (Phi) is 6.09. The zero-order chi connectivity index (χ0) is 13.8. The normalized spacial score (nSPS) is 28.2. The van der Waals surface area contributed by atoms with Crippen LogP contribution in [0.1, 0.15) is 47.5 Å². The molecule has 3 nitrogen and oxygen atoms in total. The molecule has 0 aromatic heterocycles. The van der Waals surface area contributed by atoms with Crippen LogP contribution >= 0.6 is 0 Å². The van der Waals surface area contributed by atoms with Gasteiger partial charge in [0.1, 0.15) is 0 Å². The Morgan fingerprint density at radius 1 is 1.39 bits per heavy atom. The van der Waals surface area contributed by atoms with Gasteiger partial charge in [-0.25, -0.2) is 0 Å². The molecule has 18 heavy (non-hydrogen) atoms. The third-order valence-electron chi connectivity index (χ3n) is 4.34. The minimum absolute atomic E-state index is 0.257. The smallest absolute Gasteiger partial charge is 0.0655 e. The van der Waals surface area contributed by atoms with Crippen LogP contribution < -0.4 is 11.1 Å². The summed E-state index contributed by atoms with van der Waals surface area (Å²) >= 11 is 0. The molecule has 1 fully saturated rings. The Hall–Kier alpha value is -0.120. The Morgan fingerprint density at radius 3 is 2.50 bits per heavy atom. The first-order valence-corrected chi connectivity index (χ1v) is 7.46. The Balaban J connectivity index is 2.32. The van der Waals surface area contributed by atoms with Crippen molar-refractivity contribution in [3.8, 4) is 0 Å². The molecule has 3 N–H and O–H groups in total. The van der Waals surface area contributed by atoms with Crippen LogP contribution in [-0.2, 0) is 4.74 Å². The van der Waals surface area contributed by atoms with E-state index in [1.165, 1.54) is 6.42 Å². The summed E-state index contributed by atoms with van der Waals surface area (Å²) in [4.78, 5) is 0. The van der Waals surface area contributed by atoms with Gasteiger partial charge in [-0.05, 0) is 44.7 Å². The lowest BCUT2D eigenvalue weighted by Gasteiger charge is -2.52. The van der Waals surface area contributed by atoms with E-state index in [1.807, 2.05) is 0 Å². The van der Waals surface area contributed by atoms with Crippen LogP contribution in [-0.4, -0.2) is 31.8 Å². The Labute approximate surface area is 113 Å². The Bertz CT molecular complexity index is 241. The molecule has 3 unspecified atom stereocenters. The molecule has 1 rings (SSSR count). The van der Waals surface area contributed by atoms with E-state index in [0.29, 0.717) is 18.1 Å². The molecule has 0 radical (unpaired) electrons. The van der Waals surface area contributed by atoms with Crippen molar-refractivity contribution in [2.24, 2.45) is 23.0 Å². The Morgan fingerprint density at radius 2 is 2.06 bits per heavy atom. The zero-order valence-electron chi connectivity index (χ0n) is 12.8. The van der Waals surface area contributed by atoms with Crippen molar-refractivity contribution in [3.05, 3.63) is 0 Å². The first-order valence-electron chi connectivity index (χ1n) is 7.46. The average Bonchev–Trinajstić information content (AvgIpc) is 2.30. The minimum Gasteiger partial charge on any atom is -0.378 e. The lowest BCUT2D eigenvalue weighted by atomic mass is 9.64. The van der Waals surface area contributed by atoms with Gasteiger partial charge >= 0.3 is 0 Å². The number of hydrogen-bond acceptors (Lipinski definition) is 3. The summed E-state index contributed by atoms with van der Waals surface area (Å²) in [6, 6.07) is 0.579. The first-order chi connectivity index (χ1) is 8.41. The van der Waals surface area contributed by atoms with E-state index in [4.69, 9.17) is 10.5 Å². The maximum atomic E-state index is 5.84. The highest BCUT2D eigenvalue weighted by atomic mass is 16.5. The monoisotopic (exact) mass is 256 g/mol. The SMILES string of the molecule is CCOC1CC(NCC(CN)CC(C)C)C1(C)C. The summed E-state index contributed by atoms with van der Waals surface area (Å²) in [6.07, 6.45) is 2.77. The molecule has 3 heteroatoms. The molecule has 0 aliphatic heterocycles. The summed E-state index contributed by atoms with van der Waals surface area (Å²) in [5, 5.41) is 3.69. The summed E-state index contributed by atoms with van der Waals surface area (Å²) in [6.45, 7) is 13.9. The van der Waals surface area contributed by atoms with Gasteiger partial charge in [-0.15, -0.1) is 0 Å². The molecule has 1 aliphatic rings. The molecular formula is C15H32N2O. The fourth-order valence-corrected chi connectivity index (χ4v) is 2.95. The number of hydrogen-bond donors (Lipinski definition) is 2. The van der Waals surface area contributed by atoms with Gasteiger partial charge < -0.3 is 15.8 Å². The van der Waals surface area contributed by atoms with Crippen LogP contribution in [0.25, 0.3) is 0 Å². The van der Waals surface area contributed by atoms with E-state index in [9.17, 15) is 0 Å². The van der Waals surface area contributed by atoms with Crippen LogP contribution in [0.15, 0.2) is 0 Å². The molecule has 1 aliphatic carbocycles.